The van der Waals surface area contributed by atoms with E-state index in [-0.39, 0.29) is 11.2 Å². The van der Waals surface area contributed by atoms with Gasteiger partial charge in [0, 0.05) is 11.6 Å². The molecule has 1 aromatic rings. The lowest BCUT2D eigenvalue weighted by molar-refractivity contribution is 0.369. The molecule has 0 aliphatic carbocycles. The van der Waals surface area contributed by atoms with Crippen LogP contribution in [0.5, 0.6) is 0 Å². The Hall–Kier alpha value is -0.580. The Balaban J connectivity index is 2.42. The third-order valence-corrected chi connectivity index (χ3v) is 4.76. The zero-order valence-corrected chi connectivity index (χ0v) is 13.3. The van der Waals surface area contributed by atoms with Gasteiger partial charge in [-0.3, -0.25) is 0 Å². The molecule has 0 heterocycles. The van der Waals surface area contributed by atoms with Crippen LogP contribution in [0.3, 0.4) is 0 Å². The van der Waals surface area contributed by atoms with Gasteiger partial charge in [-0.05, 0) is 42.6 Å². The fourth-order valence-electron chi connectivity index (χ4n) is 1.55. The van der Waals surface area contributed by atoms with Crippen LogP contribution in [0.2, 0.25) is 5.02 Å². The van der Waals surface area contributed by atoms with Crippen LogP contribution in [0, 0.1) is 5.41 Å². The highest BCUT2D eigenvalue weighted by atomic mass is 35.5. The van der Waals surface area contributed by atoms with Crippen LogP contribution in [0.4, 0.5) is 0 Å². The van der Waals surface area contributed by atoms with E-state index in [9.17, 15) is 8.42 Å². The van der Waals surface area contributed by atoms with Crippen molar-refractivity contribution < 1.29 is 8.42 Å². The minimum atomic E-state index is -3.21. The van der Waals surface area contributed by atoms with Crippen molar-refractivity contribution in [2.24, 2.45) is 5.41 Å². The van der Waals surface area contributed by atoms with Crippen LogP contribution in [-0.4, -0.2) is 27.3 Å². The molecule has 0 unspecified atom stereocenters. The Labute approximate surface area is 121 Å². The molecule has 0 aromatic heterocycles. The first-order valence-electron chi connectivity index (χ1n) is 6.40. The minimum absolute atomic E-state index is 0.110. The molecule has 0 aliphatic heterocycles. The smallest absolute Gasteiger partial charge is 0.179 e. The lowest BCUT2D eigenvalue weighted by atomic mass is 9.92. The Morgan fingerprint density at radius 1 is 1.11 bits per heavy atom. The highest BCUT2D eigenvalue weighted by Gasteiger charge is 2.14. The van der Waals surface area contributed by atoms with E-state index in [1.807, 2.05) is 0 Å². The quantitative estimate of drug-likeness (QED) is 0.821. The first-order chi connectivity index (χ1) is 8.71. The van der Waals surface area contributed by atoms with Crippen LogP contribution >= 0.6 is 11.6 Å². The van der Waals surface area contributed by atoms with Crippen molar-refractivity contribution in [3.63, 3.8) is 0 Å². The van der Waals surface area contributed by atoms with Gasteiger partial charge in [0.05, 0.1) is 10.6 Å². The SMILES string of the molecule is CC(C)(C)CCNCCS(=O)(=O)c1ccc(Cl)cc1. The summed E-state index contributed by atoms with van der Waals surface area (Å²) in [4.78, 5) is 0.328. The molecule has 5 heteroatoms. The van der Waals surface area contributed by atoms with Gasteiger partial charge in [0.15, 0.2) is 9.84 Å². The van der Waals surface area contributed by atoms with E-state index in [1.165, 1.54) is 0 Å². The average molecular weight is 304 g/mol. The minimum Gasteiger partial charge on any atom is -0.316 e. The van der Waals surface area contributed by atoms with Gasteiger partial charge in [-0.15, -0.1) is 0 Å². The first kappa shape index (κ1) is 16.5. The number of nitrogens with one attached hydrogen (secondary N) is 1. The molecule has 0 amide bonds. The molecule has 1 aromatic carbocycles. The van der Waals surface area contributed by atoms with Crippen LogP contribution in [0.1, 0.15) is 27.2 Å². The van der Waals surface area contributed by atoms with Gasteiger partial charge in [-0.25, -0.2) is 8.42 Å². The number of rotatable bonds is 6. The van der Waals surface area contributed by atoms with Crippen molar-refractivity contribution in [2.45, 2.75) is 32.1 Å². The Kier molecular flexibility index (Phi) is 5.83. The largest absolute Gasteiger partial charge is 0.316 e. The number of hydrogen-bond acceptors (Lipinski definition) is 3. The van der Waals surface area contributed by atoms with Gasteiger partial charge in [0.2, 0.25) is 0 Å². The first-order valence-corrected chi connectivity index (χ1v) is 8.43. The Morgan fingerprint density at radius 3 is 2.21 bits per heavy atom. The van der Waals surface area contributed by atoms with Crippen molar-refractivity contribution in [2.75, 3.05) is 18.8 Å². The average Bonchev–Trinajstić information content (AvgIpc) is 2.27. The Bertz CT molecular complexity index is 489. The molecule has 0 saturated heterocycles. The summed E-state index contributed by atoms with van der Waals surface area (Å²) in [5, 5.41) is 3.72. The molecule has 0 saturated carbocycles. The van der Waals surface area contributed by atoms with Gasteiger partial charge in [0.25, 0.3) is 0 Å². The molecule has 0 spiro atoms. The zero-order valence-electron chi connectivity index (χ0n) is 11.7. The monoisotopic (exact) mass is 303 g/mol. The summed E-state index contributed by atoms with van der Waals surface area (Å²) in [6, 6.07) is 6.29. The fraction of sp³-hybridized carbons (Fsp3) is 0.571. The fourth-order valence-corrected chi connectivity index (χ4v) is 2.88. The highest BCUT2D eigenvalue weighted by Crippen LogP contribution is 2.17. The topological polar surface area (TPSA) is 46.2 Å². The number of sulfone groups is 1. The maximum absolute atomic E-state index is 12.0. The summed E-state index contributed by atoms with van der Waals surface area (Å²) < 4.78 is 24.0. The molecule has 108 valence electrons. The van der Waals surface area contributed by atoms with Crippen molar-refractivity contribution >= 4 is 21.4 Å². The highest BCUT2D eigenvalue weighted by molar-refractivity contribution is 7.91. The number of halogens is 1. The summed E-state index contributed by atoms with van der Waals surface area (Å²) >= 11 is 5.74. The van der Waals surface area contributed by atoms with E-state index in [4.69, 9.17) is 11.6 Å². The van der Waals surface area contributed by atoms with E-state index >= 15 is 0 Å². The van der Waals surface area contributed by atoms with Crippen molar-refractivity contribution in [3.05, 3.63) is 29.3 Å². The lowest BCUT2D eigenvalue weighted by Gasteiger charge is -2.18. The standard InChI is InChI=1S/C14H22ClNO2S/c1-14(2,3)8-9-16-10-11-19(17,18)13-6-4-12(15)5-7-13/h4-7,16H,8-11H2,1-3H3. The maximum Gasteiger partial charge on any atom is 0.179 e. The van der Waals surface area contributed by atoms with Crippen molar-refractivity contribution in [1.82, 2.24) is 5.32 Å². The van der Waals surface area contributed by atoms with E-state index in [2.05, 4.69) is 26.1 Å². The molecule has 0 radical (unpaired) electrons. The second-order valence-electron chi connectivity index (χ2n) is 5.83. The summed E-state index contributed by atoms with van der Waals surface area (Å²) in [7, 11) is -3.21. The summed E-state index contributed by atoms with van der Waals surface area (Å²) in [5.74, 6) is 0.110. The van der Waals surface area contributed by atoms with Crippen LogP contribution in [0.15, 0.2) is 29.2 Å². The number of hydrogen-bond donors (Lipinski definition) is 1. The van der Waals surface area contributed by atoms with Gasteiger partial charge < -0.3 is 5.32 Å². The van der Waals surface area contributed by atoms with Crippen molar-refractivity contribution in [1.29, 1.82) is 0 Å². The van der Waals surface area contributed by atoms with Crippen LogP contribution in [-0.2, 0) is 9.84 Å². The molecule has 3 nitrogen and oxygen atoms in total. The van der Waals surface area contributed by atoms with E-state index in [1.54, 1.807) is 24.3 Å². The van der Waals surface area contributed by atoms with E-state index in [0.717, 1.165) is 13.0 Å². The Morgan fingerprint density at radius 2 is 1.68 bits per heavy atom. The summed E-state index contributed by atoms with van der Waals surface area (Å²) in [5.41, 5.74) is 0.266. The molecule has 0 bridgehead atoms. The van der Waals surface area contributed by atoms with E-state index < -0.39 is 9.84 Å². The van der Waals surface area contributed by atoms with Gasteiger partial charge in [-0.2, -0.15) is 0 Å². The molecular weight excluding hydrogens is 282 g/mol. The summed E-state index contributed by atoms with van der Waals surface area (Å²) in [6.07, 6.45) is 1.02. The van der Waals surface area contributed by atoms with Crippen molar-refractivity contribution in [3.8, 4) is 0 Å². The molecular formula is C14H22ClNO2S. The predicted octanol–water partition coefficient (Wildman–Crippen LogP) is 3.14. The predicted molar refractivity (Wildman–Crippen MR) is 80.4 cm³/mol. The molecule has 19 heavy (non-hydrogen) atoms. The molecule has 1 rings (SSSR count). The zero-order chi connectivity index (χ0) is 14.5. The molecule has 1 N–H and O–H groups in total. The molecule has 0 aliphatic rings. The molecule has 0 fully saturated rings. The lowest BCUT2D eigenvalue weighted by Crippen LogP contribution is -2.26. The normalized spacial score (nSPS) is 12.6. The molecule has 0 atom stereocenters. The second kappa shape index (κ2) is 6.73. The third kappa shape index (κ3) is 6.41. The third-order valence-electron chi connectivity index (χ3n) is 2.77. The second-order valence-corrected chi connectivity index (χ2v) is 8.38. The van der Waals surface area contributed by atoms with E-state index in [0.29, 0.717) is 16.5 Å². The van der Waals surface area contributed by atoms with Gasteiger partial charge in [-0.1, -0.05) is 32.4 Å². The number of benzene rings is 1. The van der Waals surface area contributed by atoms with Gasteiger partial charge >= 0.3 is 0 Å². The maximum atomic E-state index is 12.0. The van der Waals surface area contributed by atoms with Gasteiger partial charge in [0.1, 0.15) is 0 Å². The van der Waals surface area contributed by atoms with Crippen LogP contribution < -0.4 is 5.32 Å². The summed E-state index contributed by atoms with van der Waals surface area (Å²) in [6.45, 7) is 7.80. The van der Waals surface area contributed by atoms with Crippen LogP contribution in [0.25, 0.3) is 0 Å².